The first-order valence-electron chi connectivity index (χ1n) is 4.64. The first-order chi connectivity index (χ1) is 7.15. The third-order valence-corrected chi connectivity index (χ3v) is 2.53. The van der Waals surface area contributed by atoms with E-state index in [4.69, 9.17) is 16.7 Å². The van der Waals surface area contributed by atoms with E-state index in [1.807, 2.05) is 0 Å². The van der Waals surface area contributed by atoms with Crippen molar-refractivity contribution in [3.05, 3.63) is 39.9 Å². The lowest BCUT2D eigenvalue weighted by molar-refractivity contribution is -0.384. The van der Waals surface area contributed by atoms with Gasteiger partial charge in [-0.3, -0.25) is 10.1 Å². The maximum Gasteiger partial charge on any atom is 0.269 e. The van der Waals surface area contributed by atoms with E-state index in [0.29, 0.717) is 12.8 Å². The van der Waals surface area contributed by atoms with Gasteiger partial charge >= 0.3 is 0 Å². The first kappa shape index (κ1) is 11.9. The number of nitro groups is 1. The molecule has 0 saturated carbocycles. The van der Waals surface area contributed by atoms with Gasteiger partial charge in [0, 0.05) is 18.7 Å². The van der Waals surface area contributed by atoms with Crippen LogP contribution in [-0.4, -0.2) is 16.6 Å². The van der Waals surface area contributed by atoms with Crippen molar-refractivity contribution in [2.45, 2.75) is 18.2 Å². The number of nitrogens with zero attached hydrogens (tertiary/aromatic N) is 1. The molecule has 0 heterocycles. The predicted octanol–water partition coefficient (Wildman–Crippen LogP) is 2.65. The van der Waals surface area contributed by atoms with Crippen molar-refractivity contribution >= 4 is 17.3 Å². The van der Waals surface area contributed by atoms with E-state index in [1.165, 1.54) is 12.1 Å². The lowest BCUT2D eigenvalue weighted by atomic mass is 10.1. The number of nitro benzene ring substituents is 1. The summed E-state index contributed by atoms with van der Waals surface area (Å²) in [5, 5.41) is 18.9. The van der Waals surface area contributed by atoms with Crippen molar-refractivity contribution in [1.29, 1.82) is 0 Å². The monoisotopic (exact) mass is 229 g/mol. The Morgan fingerprint density at radius 1 is 1.53 bits per heavy atom. The molecular formula is C10H12ClNO3. The number of hydrogen-bond donors (Lipinski definition) is 1. The molecule has 0 aliphatic carbocycles. The molecule has 15 heavy (non-hydrogen) atoms. The Bertz CT molecular complexity index is 343. The number of rotatable bonds is 5. The molecule has 0 bridgehead atoms. The fraction of sp³-hybridized carbons (Fsp3) is 0.400. The molecule has 5 heteroatoms. The molecular weight excluding hydrogens is 218 g/mol. The summed E-state index contributed by atoms with van der Waals surface area (Å²) in [6.45, 7) is 0.0815. The quantitative estimate of drug-likeness (QED) is 0.480. The minimum atomic E-state index is -0.445. The van der Waals surface area contributed by atoms with Gasteiger partial charge in [-0.05, 0) is 18.4 Å². The number of halogens is 1. The Kier molecular flexibility index (Phi) is 4.52. The molecule has 1 rings (SSSR count). The van der Waals surface area contributed by atoms with Gasteiger partial charge in [-0.2, -0.15) is 0 Å². The molecule has 0 amide bonds. The topological polar surface area (TPSA) is 63.4 Å². The maximum absolute atomic E-state index is 10.5. The summed E-state index contributed by atoms with van der Waals surface area (Å²) < 4.78 is 0. The Labute approximate surface area is 92.6 Å². The van der Waals surface area contributed by atoms with Crippen LogP contribution >= 0.6 is 11.6 Å². The average Bonchev–Trinajstić information content (AvgIpc) is 2.26. The van der Waals surface area contributed by atoms with Gasteiger partial charge in [0.1, 0.15) is 0 Å². The summed E-state index contributed by atoms with van der Waals surface area (Å²) in [4.78, 5) is 10.1. The van der Waals surface area contributed by atoms with Gasteiger partial charge in [-0.15, -0.1) is 11.6 Å². The zero-order valence-corrected chi connectivity index (χ0v) is 8.85. The molecule has 1 atom stereocenters. The van der Waals surface area contributed by atoms with Crippen LogP contribution in [0.4, 0.5) is 5.69 Å². The third kappa shape index (κ3) is 3.49. The number of aliphatic hydroxyl groups excluding tert-OH is 1. The lowest BCUT2D eigenvalue weighted by Crippen LogP contribution is -1.95. The molecule has 0 radical (unpaired) electrons. The van der Waals surface area contributed by atoms with Crippen LogP contribution in [0.25, 0.3) is 0 Å². The minimum absolute atomic E-state index is 0.0437. The SMILES string of the molecule is O=[N+]([O-])c1cccc(C(Cl)CCCO)c1. The molecule has 82 valence electrons. The van der Waals surface area contributed by atoms with Gasteiger partial charge in [0.25, 0.3) is 5.69 Å². The van der Waals surface area contributed by atoms with E-state index < -0.39 is 4.92 Å². The Morgan fingerprint density at radius 2 is 2.27 bits per heavy atom. The van der Waals surface area contributed by atoms with Gasteiger partial charge in [0.2, 0.25) is 0 Å². The van der Waals surface area contributed by atoms with E-state index in [2.05, 4.69) is 0 Å². The maximum atomic E-state index is 10.5. The molecule has 1 N–H and O–H groups in total. The van der Waals surface area contributed by atoms with Crippen LogP contribution in [-0.2, 0) is 0 Å². The van der Waals surface area contributed by atoms with Crippen LogP contribution in [0.15, 0.2) is 24.3 Å². The fourth-order valence-electron chi connectivity index (χ4n) is 1.27. The summed E-state index contributed by atoms with van der Waals surface area (Å²) in [6, 6.07) is 6.26. The Morgan fingerprint density at radius 3 is 2.87 bits per heavy atom. The molecule has 0 aliphatic rings. The van der Waals surface area contributed by atoms with Crippen LogP contribution in [0.3, 0.4) is 0 Å². The smallest absolute Gasteiger partial charge is 0.269 e. The van der Waals surface area contributed by atoms with E-state index in [9.17, 15) is 10.1 Å². The molecule has 0 spiro atoms. The summed E-state index contributed by atoms with van der Waals surface area (Å²) in [5.74, 6) is 0. The second-order valence-electron chi connectivity index (χ2n) is 3.19. The summed E-state index contributed by atoms with van der Waals surface area (Å²) in [5.41, 5.74) is 0.765. The zero-order chi connectivity index (χ0) is 11.3. The highest BCUT2D eigenvalue weighted by molar-refractivity contribution is 6.20. The van der Waals surface area contributed by atoms with Crippen molar-refractivity contribution in [3.63, 3.8) is 0 Å². The minimum Gasteiger partial charge on any atom is -0.396 e. The van der Waals surface area contributed by atoms with Gasteiger partial charge in [0.05, 0.1) is 10.3 Å². The van der Waals surface area contributed by atoms with Crippen molar-refractivity contribution in [1.82, 2.24) is 0 Å². The summed E-state index contributed by atoms with van der Waals surface area (Å²) >= 11 is 6.03. The van der Waals surface area contributed by atoms with Gasteiger partial charge < -0.3 is 5.11 Å². The predicted molar refractivity (Wildman–Crippen MR) is 58.0 cm³/mol. The van der Waals surface area contributed by atoms with E-state index in [-0.39, 0.29) is 17.7 Å². The van der Waals surface area contributed by atoms with Gasteiger partial charge in [-0.25, -0.2) is 0 Å². The third-order valence-electron chi connectivity index (χ3n) is 2.06. The van der Waals surface area contributed by atoms with Crippen molar-refractivity contribution in [3.8, 4) is 0 Å². The second-order valence-corrected chi connectivity index (χ2v) is 3.71. The van der Waals surface area contributed by atoms with Crippen LogP contribution in [0, 0.1) is 10.1 Å². The molecule has 1 aromatic rings. The lowest BCUT2D eigenvalue weighted by Gasteiger charge is -2.08. The standard InChI is InChI=1S/C10H12ClNO3/c11-10(5-2-6-13)8-3-1-4-9(7-8)12(14)15/h1,3-4,7,10,13H,2,5-6H2. The van der Waals surface area contributed by atoms with Gasteiger partial charge in [-0.1, -0.05) is 12.1 Å². The van der Waals surface area contributed by atoms with E-state index in [1.54, 1.807) is 12.1 Å². The Balaban J connectivity index is 2.76. The first-order valence-corrected chi connectivity index (χ1v) is 5.08. The highest BCUT2D eigenvalue weighted by Gasteiger charge is 2.11. The van der Waals surface area contributed by atoms with Crippen molar-refractivity contribution in [2.75, 3.05) is 6.61 Å². The molecule has 0 saturated heterocycles. The number of alkyl halides is 1. The fourth-order valence-corrected chi connectivity index (χ4v) is 1.56. The highest BCUT2D eigenvalue weighted by atomic mass is 35.5. The van der Waals surface area contributed by atoms with Crippen LogP contribution < -0.4 is 0 Å². The van der Waals surface area contributed by atoms with Crippen molar-refractivity contribution < 1.29 is 10.0 Å². The van der Waals surface area contributed by atoms with Crippen LogP contribution in [0.1, 0.15) is 23.8 Å². The molecule has 0 aromatic heterocycles. The highest BCUT2D eigenvalue weighted by Crippen LogP contribution is 2.27. The number of non-ortho nitro benzene ring substituents is 1. The van der Waals surface area contributed by atoms with Crippen molar-refractivity contribution in [2.24, 2.45) is 0 Å². The molecule has 0 fully saturated rings. The normalized spacial score (nSPS) is 12.4. The largest absolute Gasteiger partial charge is 0.396 e. The number of hydrogen-bond acceptors (Lipinski definition) is 3. The molecule has 0 aliphatic heterocycles. The average molecular weight is 230 g/mol. The molecule has 1 unspecified atom stereocenters. The van der Waals surface area contributed by atoms with Crippen LogP contribution in [0.2, 0.25) is 0 Å². The summed E-state index contributed by atoms with van der Waals surface area (Å²) in [6.07, 6.45) is 1.20. The van der Waals surface area contributed by atoms with Crippen LogP contribution in [0.5, 0.6) is 0 Å². The number of benzene rings is 1. The van der Waals surface area contributed by atoms with E-state index >= 15 is 0 Å². The van der Waals surface area contributed by atoms with Gasteiger partial charge in [0.15, 0.2) is 0 Å². The number of aliphatic hydroxyl groups is 1. The molecule has 1 aromatic carbocycles. The molecule has 4 nitrogen and oxygen atoms in total. The Hall–Kier alpha value is -1.13. The summed E-state index contributed by atoms with van der Waals surface area (Å²) in [7, 11) is 0. The second kappa shape index (κ2) is 5.68. The van der Waals surface area contributed by atoms with E-state index in [0.717, 1.165) is 5.56 Å². The zero-order valence-electron chi connectivity index (χ0n) is 8.10.